The molecule has 0 saturated carbocycles. The number of hydrogen-bond acceptors (Lipinski definition) is 3. The number of hydrogen-bond donors (Lipinski definition) is 1. The number of aromatic nitrogens is 1. The zero-order valence-electron chi connectivity index (χ0n) is 14.7. The Balaban J connectivity index is 1.82. The van der Waals surface area contributed by atoms with Crippen LogP contribution in [0.1, 0.15) is 35.7 Å². The maximum atomic E-state index is 13.2. The lowest BCUT2D eigenvalue weighted by Gasteiger charge is -2.30. The molecule has 144 valence electrons. The minimum absolute atomic E-state index is 0.00532. The summed E-state index contributed by atoms with van der Waals surface area (Å²) in [4.78, 5) is 18.4. The Hall–Kier alpha value is -2.28. The highest BCUT2D eigenvalue weighted by atomic mass is 35.5. The van der Waals surface area contributed by atoms with Gasteiger partial charge in [-0.25, -0.2) is 0 Å². The first-order valence-electron chi connectivity index (χ1n) is 8.62. The van der Waals surface area contributed by atoms with Gasteiger partial charge in [-0.2, -0.15) is 13.2 Å². The summed E-state index contributed by atoms with van der Waals surface area (Å²) in [5.74, 6) is 0.427. The number of anilines is 2. The first kappa shape index (κ1) is 19.5. The Bertz CT molecular complexity index is 833. The second-order valence-corrected chi connectivity index (χ2v) is 7.19. The molecule has 1 aromatic heterocycles. The van der Waals surface area contributed by atoms with Gasteiger partial charge in [0, 0.05) is 24.3 Å². The zero-order chi connectivity index (χ0) is 19.6. The van der Waals surface area contributed by atoms with Crippen LogP contribution >= 0.6 is 11.6 Å². The molecule has 0 atom stereocenters. The van der Waals surface area contributed by atoms with Crippen molar-refractivity contribution in [2.75, 3.05) is 18.4 Å². The molecule has 1 amide bonds. The predicted octanol–water partition coefficient (Wildman–Crippen LogP) is 5.37. The molecule has 4 nitrogen and oxygen atoms in total. The highest BCUT2D eigenvalue weighted by molar-refractivity contribution is 6.30. The van der Waals surface area contributed by atoms with Crippen LogP contribution in [0.3, 0.4) is 0 Å². The standard InChI is InChI=1S/C19H19ClF3N3O/c1-12-4-6-26(7-5-12)18(27)13-8-15(11-24-10-13)25-17-3-2-14(20)9-16(17)19(21,22)23/h2-3,8-12,25H,4-7H2,1H3. The average molecular weight is 398 g/mol. The summed E-state index contributed by atoms with van der Waals surface area (Å²) in [7, 11) is 0. The Morgan fingerprint density at radius 3 is 2.59 bits per heavy atom. The van der Waals surface area contributed by atoms with Gasteiger partial charge in [-0.15, -0.1) is 0 Å². The molecule has 0 unspecified atom stereocenters. The van der Waals surface area contributed by atoms with Gasteiger partial charge in [-0.3, -0.25) is 9.78 Å². The molecule has 1 saturated heterocycles. The highest BCUT2D eigenvalue weighted by Gasteiger charge is 2.34. The molecule has 2 aromatic rings. The predicted molar refractivity (Wildman–Crippen MR) is 98.3 cm³/mol. The van der Waals surface area contributed by atoms with E-state index in [1.54, 1.807) is 4.90 Å². The lowest BCUT2D eigenvalue weighted by atomic mass is 9.99. The van der Waals surface area contributed by atoms with E-state index in [0.29, 0.717) is 30.3 Å². The fourth-order valence-electron chi connectivity index (χ4n) is 3.04. The molecule has 1 aliphatic rings. The second kappa shape index (κ2) is 7.76. The number of nitrogens with zero attached hydrogens (tertiary/aromatic N) is 2. The number of benzene rings is 1. The number of nitrogens with one attached hydrogen (secondary N) is 1. The number of carbonyl (C=O) groups excluding carboxylic acids is 1. The normalized spacial score (nSPS) is 15.7. The van der Waals surface area contributed by atoms with Gasteiger partial charge < -0.3 is 10.2 Å². The number of piperidine rings is 1. The summed E-state index contributed by atoms with van der Waals surface area (Å²) in [5.41, 5.74) is -0.377. The van der Waals surface area contributed by atoms with Gasteiger partial charge in [0.15, 0.2) is 0 Å². The first-order valence-corrected chi connectivity index (χ1v) is 9.00. The van der Waals surface area contributed by atoms with Crippen molar-refractivity contribution < 1.29 is 18.0 Å². The Morgan fingerprint density at radius 1 is 1.22 bits per heavy atom. The van der Waals surface area contributed by atoms with Gasteiger partial charge in [0.05, 0.1) is 28.7 Å². The van der Waals surface area contributed by atoms with E-state index in [1.165, 1.54) is 30.6 Å². The van der Waals surface area contributed by atoms with E-state index >= 15 is 0 Å². The lowest BCUT2D eigenvalue weighted by Crippen LogP contribution is -2.37. The van der Waals surface area contributed by atoms with Crippen molar-refractivity contribution >= 4 is 28.9 Å². The lowest BCUT2D eigenvalue weighted by molar-refractivity contribution is -0.136. The number of halogens is 4. The summed E-state index contributed by atoms with van der Waals surface area (Å²) in [6.45, 7) is 3.50. The van der Waals surface area contributed by atoms with Crippen LogP contribution in [-0.2, 0) is 6.18 Å². The van der Waals surface area contributed by atoms with Crippen molar-refractivity contribution in [3.05, 3.63) is 52.8 Å². The molecule has 0 spiro atoms. The van der Waals surface area contributed by atoms with Crippen LogP contribution in [0.4, 0.5) is 24.5 Å². The quantitative estimate of drug-likeness (QED) is 0.757. The highest BCUT2D eigenvalue weighted by Crippen LogP contribution is 2.37. The maximum absolute atomic E-state index is 13.2. The van der Waals surface area contributed by atoms with E-state index in [4.69, 9.17) is 11.6 Å². The van der Waals surface area contributed by atoms with Gasteiger partial charge in [-0.1, -0.05) is 18.5 Å². The van der Waals surface area contributed by atoms with E-state index < -0.39 is 11.7 Å². The summed E-state index contributed by atoms with van der Waals surface area (Å²) < 4.78 is 39.7. The van der Waals surface area contributed by atoms with Crippen LogP contribution in [0.25, 0.3) is 0 Å². The summed E-state index contributed by atoms with van der Waals surface area (Å²) >= 11 is 5.70. The largest absolute Gasteiger partial charge is 0.418 e. The third-order valence-corrected chi connectivity index (χ3v) is 4.86. The van der Waals surface area contributed by atoms with E-state index in [1.807, 2.05) is 0 Å². The molecule has 27 heavy (non-hydrogen) atoms. The van der Waals surface area contributed by atoms with E-state index in [-0.39, 0.29) is 16.6 Å². The topological polar surface area (TPSA) is 45.2 Å². The number of alkyl halides is 3. The molecule has 0 bridgehead atoms. The Morgan fingerprint density at radius 2 is 1.93 bits per heavy atom. The molecule has 1 aliphatic heterocycles. The zero-order valence-corrected chi connectivity index (χ0v) is 15.4. The maximum Gasteiger partial charge on any atom is 0.418 e. The molecule has 1 fully saturated rings. The van der Waals surface area contributed by atoms with Crippen molar-refractivity contribution in [3.8, 4) is 0 Å². The summed E-state index contributed by atoms with van der Waals surface area (Å²) in [5, 5.41) is 2.69. The van der Waals surface area contributed by atoms with Gasteiger partial charge in [0.25, 0.3) is 5.91 Å². The molecule has 0 radical (unpaired) electrons. The van der Waals surface area contributed by atoms with Crippen LogP contribution in [0.15, 0.2) is 36.7 Å². The Kier molecular flexibility index (Phi) is 5.60. The Labute approximate surface area is 160 Å². The van der Waals surface area contributed by atoms with Crippen molar-refractivity contribution in [3.63, 3.8) is 0 Å². The minimum atomic E-state index is -4.56. The average Bonchev–Trinajstić information content (AvgIpc) is 2.63. The van der Waals surface area contributed by atoms with Gasteiger partial charge in [0.2, 0.25) is 0 Å². The van der Waals surface area contributed by atoms with Crippen LogP contribution in [0.5, 0.6) is 0 Å². The van der Waals surface area contributed by atoms with Gasteiger partial charge in [-0.05, 0) is 43.0 Å². The molecule has 2 heterocycles. The van der Waals surface area contributed by atoms with E-state index in [0.717, 1.165) is 18.9 Å². The van der Waals surface area contributed by atoms with Crippen LogP contribution in [0, 0.1) is 5.92 Å². The van der Waals surface area contributed by atoms with Gasteiger partial charge in [0.1, 0.15) is 0 Å². The number of rotatable bonds is 3. The molecule has 1 aromatic carbocycles. The smallest absolute Gasteiger partial charge is 0.354 e. The molecule has 3 rings (SSSR count). The molecule has 1 N–H and O–H groups in total. The monoisotopic (exact) mass is 397 g/mol. The van der Waals surface area contributed by atoms with Crippen LogP contribution in [-0.4, -0.2) is 28.9 Å². The SMILES string of the molecule is CC1CCN(C(=O)c2cncc(Nc3ccc(Cl)cc3C(F)(F)F)c2)CC1. The van der Waals surface area contributed by atoms with Crippen molar-refractivity contribution in [2.45, 2.75) is 25.9 Å². The number of pyridine rings is 1. The van der Waals surface area contributed by atoms with Crippen LogP contribution in [0.2, 0.25) is 5.02 Å². The summed E-state index contributed by atoms with van der Waals surface area (Å²) in [6.07, 6.45) is 0.133. The number of carbonyl (C=O) groups is 1. The first-order chi connectivity index (χ1) is 12.7. The minimum Gasteiger partial charge on any atom is -0.354 e. The van der Waals surface area contributed by atoms with Crippen molar-refractivity contribution in [2.24, 2.45) is 5.92 Å². The van der Waals surface area contributed by atoms with E-state index in [9.17, 15) is 18.0 Å². The van der Waals surface area contributed by atoms with Crippen LogP contribution < -0.4 is 5.32 Å². The van der Waals surface area contributed by atoms with Crippen molar-refractivity contribution in [1.29, 1.82) is 0 Å². The molecule has 8 heteroatoms. The molecule has 0 aliphatic carbocycles. The fourth-order valence-corrected chi connectivity index (χ4v) is 3.21. The number of amides is 1. The third kappa shape index (κ3) is 4.71. The summed E-state index contributed by atoms with van der Waals surface area (Å²) in [6, 6.07) is 5.01. The van der Waals surface area contributed by atoms with Crippen molar-refractivity contribution in [1.82, 2.24) is 9.88 Å². The molecular formula is C19H19ClF3N3O. The van der Waals surface area contributed by atoms with Gasteiger partial charge >= 0.3 is 6.18 Å². The number of likely N-dealkylation sites (tertiary alicyclic amines) is 1. The van der Waals surface area contributed by atoms with E-state index in [2.05, 4.69) is 17.2 Å². The molecular weight excluding hydrogens is 379 g/mol. The fraction of sp³-hybridized carbons (Fsp3) is 0.368. The second-order valence-electron chi connectivity index (χ2n) is 6.75. The third-order valence-electron chi connectivity index (χ3n) is 4.62.